The third-order valence-corrected chi connectivity index (χ3v) is 3.61. The maximum Gasteiger partial charge on any atom is 0.390 e. The van der Waals surface area contributed by atoms with Crippen molar-refractivity contribution >= 4 is 15.8 Å². The molecule has 0 aromatic carbocycles. The van der Waals surface area contributed by atoms with Gasteiger partial charge in [0.15, 0.2) is 15.1 Å². The Labute approximate surface area is 78.6 Å². The van der Waals surface area contributed by atoms with Crippen LogP contribution in [0, 0.1) is 0 Å². The SMILES string of the molecule is CC(C(=O)O)S(=O)(=O)CCC(F)(F)F. The number of alkyl halides is 3. The lowest BCUT2D eigenvalue weighted by atomic mass is 10.5. The van der Waals surface area contributed by atoms with Crippen molar-refractivity contribution in [3.63, 3.8) is 0 Å². The average Bonchev–Trinajstić information content (AvgIpc) is 1.98. The van der Waals surface area contributed by atoms with Gasteiger partial charge in [-0.1, -0.05) is 0 Å². The smallest absolute Gasteiger partial charge is 0.390 e. The summed E-state index contributed by atoms with van der Waals surface area (Å²) in [6.07, 6.45) is -6.11. The molecule has 0 saturated carbocycles. The van der Waals surface area contributed by atoms with Crippen LogP contribution in [0.4, 0.5) is 13.2 Å². The highest BCUT2D eigenvalue weighted by molar-refractivity contribution is 7.92. The van der Waals surface area contributed by atoms with E-state index in [1.807, 2.05) is 0 Å². The zero-order valence-electron chi connectivity index (χ0n) is 7.21. The molecule has 0 spiro atoms. The summed E-state index contributed by atoms with van der Waals surface area (Å²) in [7, 11) is -4.21. The van der Waals surface area contributed by atoms with Crippen LogP contribution in [0.3, 0.4) is 0 Å². The van der Waals surface area contributed by atoms with Gasteiger partial charge >= 0.3 is 12.1 Å². The Balaban J connectivity index is 4.45. The topological polar surface area (TPSA) is 71.4 Å². The van der Waals surface area contributed by atoms with Crippen LogP contribution < -0.4 is 0 Å². The third kappa shape index (κ3) is 4.45. The highest BCUT2D eigenvalue weighted by atomic mass is 32.2. The van der Waals surface area contributed by atoms with E-state index in [1.165, 1.54) is 0 Å². The first-order chi connectivity index (χ1) is 6.06. The van der Waals surface area contributed by atoms with Crippen LogP contribution >= 0.6 is 0 Å². The van der Waals surface area contributed by atoms with Gasteiger partial charge in [0.2, 0.25) is 0 Å². The Morgan fingerprint density at radius 1 is 1.43 bits per heavy atom. The number of sulfone groups is 1. The number of hydrogen-bond acceptors (Lipinski definition) is 3. The summed E-state index contributed by atoms with van der Waals surface area (Å²) in [5, 5.41) is 6.49. The Morgan fingerprint density at radius 2 is 1.86 bits per heavy atom. The van der Waals surface area contributed by atoms with E-state index in [0.717, 1.165) is 6.92 Å². The van der Waals surface area contributed by atoms with Gasteiger partial charge in [-0.05, 0) is 6.92 Å². The molecule has 0 aliphatic heterocycles. The highest BCUT2D eigenvalue weighted by Crippen LogP contribution is 2.21. The number of halogens is 3. The van der Waals surface area contributed by atoms with E-state index >= 15 is 0 Å². The minimum absolute atomic E-state index is 0.841. The van der Waals surface area contributed by atoms with Gasteiger partial charge in [-0.15, -0.1) is 0 Å². The fraction of sp³-hybridized carbons (Fsp3) is 0.833. The molecule has 0 heterocycles. The first kappa shape index (κ1) is 13.2. The van der Waals surface area contributed by atoms with Crippen molar-refractivity contribution < 1.29 is 31.5 Å². The van der Waals surface area contributed by atoms with Gasteiger partial charge in [-0.3, -0.25) is 4.79 Å². The molecule has 1 atom stereocenters. The van der Waals surface area contributed by atoms with Gasteiger partial charge in [0, 0.05) is 0 Å². The molecule has 0 bridgehead atoms. The first-order valence-electron chi connectivity index (χ1n) is 3.57. The zero-order valence-corrected chi connectivity index (χ0v) is 8.02. The highest BCUT2D eigenvalue weighted by Gasteiger charge is 2.34. The van der Waals surface area contributed by atoms with E-state index in [0.29, 0.717) is 0 Å². The number of carboxylic acids is 1. The summed E-state index contributed by atoms with van der Waals surface area (Å²) in [5.41, 5.74) is 0. The Bertz CT molecular complexity index is 306. The second-order valence-corrected chi connectivity index (χ2v) is 5.15. The average molecular weight is 234 g/mol. The predicted octanol–water partition coefficient (Wildman–Crippen LogP) is 0.827. The molecule has 0 saturated heterocycles. The van der Waals surface area contributed by atoms with Crippen molar-refractivity contribution in [3.05, 3.63) is 0 Å². The van der Waals surface area contributed by atoms with Crippen LogP contribution in [-0.2, 0) is 14.6 Å². The molecule has 0 aromatic rings. The molecular weight excluding hydrogens is 225 g/mol. The second-order valence-electron chi connectivity index (χ2n) is 2.71. The Morgan fingerprint density at radius 3 is 2.14 bits per heavy atom. The summed E-state index contributed by atoms with van der Waals surface area (Å²) in [6.45, 7) is 0.841. The summed E-state index contributed by atoms with van der Waals surface area (Å²) >= 11 is 0. The number of carboxylic acid groups (broad SMARTS) is 1. The molecule has 4 nitrogen and oxygen atoms in total. The normalized spacial score (nSPS) is 15.1. The molecule has 1 N–H and O–H groups in total. The molecule has 0 radical (unpaired) electrons. The fourth-order valence-corrected chi connectivity index (χ4v) is 1.77. The van der Waals surface area contributed by atoms with Gasteiger partial charge in [0.25, 0.3) is 0 Å². The lowest BCUT2D eigenvalue weighted by molar-refractivity contribution is -0.136. The second kappa shape index (κ2) is 4.16. The number of aliphatic carboxylic acids is 1. The molecule has 0 aliphatic rings. The predicted molar refractivity (Wildman–Crippen MR) is 41.6 cm³/mol. The van der Waals surface area contributed by atoms with E-state index in [2.05, 4.69) is 0 Å². The third-order valence-electron chi connectivity index (χ3n) is 1.56. The minimum Gasteiger partial charge on any atom is -0.480 e. The van der Waals surface area contributed by atoms with Gasteiger partial charge < -0.3 is 5.11 Å². The molecule has 1 unspecified atom stereocenters. The van der Waals surface area contributed by atoms with Gasteiger partial charge in [-0.2, -0.15) is 13.2 Å². The number of hydrogen-bond donors (Lipinski definition) is 1. The Kier molecular flexibility index (Phi) is 3.92. The summed E-state index contributed by atoms with van der Waals surface area (Å²) in [5.74, 6) is -2.84. The van der Waals surface area contributed by atoms with E-state index in [9.17, 15) is 26.4 Å². The van der Waals surface area contributed by atoms with E-state index < -0.39 is 39.4 Å². The van der Waals surface area contributed by atoms with Crippen molar-refractivity contribution in [2.24, 2.45) is 0 Å². The molecule has 0 fully saturated rings. The lowest BCUT2D eigenvalue weighted by Gasteiger charge is -2.09. The molecule has 0 rings (SSSR count). The summed E-state index contributed by atoms with van der Waals surface area (Å²) in [4.78, 5) is 10.2. The van der Waals surface area contributed by atoms with Crippen LogP contribution in [0.2, 0.25) is 0 Å². The zero-order chi connectivity index (χ0) is 11.6. The minimum atomic E-state index is -4.59. The molecule has 0 aliphatic carbocycles. The molecule has 0 aromatic heterocycles. The van der Waals surface area contributed by atoms with Crippen LogP contribution in [-0.4, -0.2) is 36.7 Å². The largest absolute Gasteiger partial charge is 0.480 e. The van der Waals surface area contributed by atoms with Gasteiger partial charge in [0.1, 0.15) is 0 Å². The van der Waals surface area contributed by atoms with Crippen molar-refractivity contribution in [1.82, 2.24) is 0 Å². The van der Waals surface area contributed by atoms with Crippen molar-refractivity contribution in [1.29, 1.82) is 0 Å². The maximum absolute atomic E-state index is 11.6. The van der Waals surface area contributed by atoms with Crippen molar-refractivity contribution in [2.75, 3.05) is 5.75 Å². The van der Waals surface area contributed by atoms with Crippen LogP contribution in [0.5, 0.6) is 0 Å². The van der Waals surface area contributed by atoms with Crippen LogP contribution in [0.25, 0.3) is 0 Å². The lowest BCUT2D eigenvalue weighted by Crippen LogP contribution is -2.30. The summed E-state index contributed by atoms with van der Waals surface area (Å²) < 4.78 is 56.8. The van der Waals surface area contributed by atoms with Crippen molar-refractivity contribution in [2.45, 2.75) is 24.8 Å². The standard InChI is InChI=1S/C6H9F3O4S/c1-4(5(10)11)14(12,13)3-2-6(7,8)9/h4H,2-3H2,1H3,(H,10,11). The van der Waals surface area contributed by atoms with Gasteiger partial charge in [-0.25, -0.2) is 8.42 Å². The molecule has 14 heavy (non-hydrogen) atoms. The van der Waals surface area contributed by atoms with Gasteiger partial charge in [0.05, 0.1) is 12.2 Å². The van der Waals surface area contributed by atoms with E-state index in [1.54, 1.807) is 0 Å². The van der Waals surface area contributed by atoms with Crippen molar-refractivity contribution in [3.8, 4) is 0 Å². The molecule has 0 amide bonds. The van der Waals surface area contributed by atoms with Crippen LogP contribution in [0.1, 0.15) is 13.3 Å². The number of carbonyl (C=O) groups is 1. The summed E-state index contributed by atoms with van der Waals surface area (Å²) in [6, 6.07) is 0. The molecule has 8 heteroatoms. The van der Waals surface area contributed by atoms with Crippen LogP contribution in [0.15, 0.2) is 0 Å². The van der Waals surface area contributed by atoms with E-state index in [-0.39, 0.29) is 0 Å². The first-order valence-corrected chi connectivity index (χ1v) is 5.29. The molecular formula is C6H9F3O4S. The fourth-order valence-electron chi connectivity index (χ4n) is 0.588. The monoisotopic (exact) mass is 234 g/mol. The number of rotatable bonds is 4. The maximum atomic E-state index is 11.6. The molecule has 84 valence electrons. The quantitative estimate of drug-likeness (QED) is 0.781. The Hall–Kier alpha value is -0.790. The van der Waals surface area contributed by atoms with E-state index in [4.69, 9.17) is 5.11 Å².